The van der Waals surface area contributed by atoms with E-state index in [2.05, 4.69) is 0 Å². The Balaban J connectivity index is 2.95. The molecule has 0 radical (unpaired) electrons. The van der Waals surface area contributed by atoms with Gasteiger partial charge in [-0.1, -0.05) is 43.7 Å². The molecule has 0 aliphatic carbocycles. The molecule has 0 saturated heterocycles. The SMILES string of the molecule is CCCC[P@](=O)(CC(=O)O)c1ccccc1. The van der Waals surface area contributed by atoms with Crippen LogP contribution in [0.5, 0.6) is 0 Å². The molecule has 1 rings (SSSR count). The van der Waals surface area contributed by atoms with Gasteiger partial charge in [-0.3, -0.25) is 4.79 Å². The third-order valence-corrected chi connectivity index (χ3v) is 5.55. The van der Waals surface area contributed by atoms with Crippen LogP contribution in [0.25, 0.3) is 0 Å². The molecular formula is C12H17O3P. The van der Waals surface area contributed by atoms with Crippen LogP contribution in [-0.2, 0) is 9.36 Å². The highest BCUT2D eigenvalue weighted by Crippen LogP contribution is 2.44. The zero-order valence-corrected chi connectivity index (χ0v) is 10.3. The van der Waals surface area contributed by atoms with Crippen molar-refractivity contribution in [2.75, 3.05) is 12.3 Å². The van der Waals surface area contributed by atoms with Gasteiger partial charge in [0.2, 0.25) is 0 Å². The zero-order chi connectivity index (χ0) is 12.0. The van der Waals surface area contributed by atoms with Gasteiger partial charge in [-0.05, 0) is 6.42 Å². The molecule has 0 saturated carbocycles. The fourth-order valence-electron chi connectivity index (χ4n) is 1.63. The van der Waals surface area contributed by atoms with Gasteiger partial charge in [0.05, 0.1) is 0 Å². The van der Waals surface area contributed by atoms with Crippen LogP contribution in [-0.4, -0.2) is 23.4 Å². The van der Waals surface area contributed by atoms with Crippen LogP contribution in [0.2, 0.25) is 0 Å². The van der Waals surface area contributed by atoms with Crippen molar-refractivity contribution in [3.8, 4) is 0 Å². The standard InChI is InChI=1S/C12H17O3P/c1-2-3-9-16(15,10-12(13)14)11-7-5-4-6-8-11/h4-8H,2-3,9-10H2,1H3,(H,13,14)/t16-/m0/s1. The summed E-state index contributed by atoms with van der Waals surface area (Å²) in [6.45, 7) is 2.01. The summed E-state index contributed by atoms with van der Waals surface area (Å²) < 4.78 is 12.6. The molecule has 0 aliphatic rings. The normalized spacial score (nSPS) is 14.3. The van der Waals surface area contributed by atoms with Crippen LogP contribution >= 0.6 is 7.14 Å². The van der Waals surface area contributed by atoms with Crippen molar-refractivity contribution in [1.82, 2.24) is 0 Å². The minimum Gasteiger partial charge on any atom is -0.481 e. The van der Waals surface area contributed by atoms with E-state index in [1.165, 1.54) is 0 Å². The monoisotopic (exact) mass is 240 g/mol. The number of hydrogen-bond donors (Lipinski definition) is 1. The Morgan fingerprint density at radius 1 is 1.31 bits per heavy atom. The van der Waals surface area contributed by atoms with E-state index in [0.717, 1.165) is 12.8 Å². The lowest BCUT2D eigenvalue weighted by Gasteiger charge is -2.16. The number of carboxylic acid groups (broad SMARTS) is 1. The average Bonchev–Trinajstić information content (AvgIpc) is 2.27. The van der Waals surface area contributed by atoms with Crippen molar-refractivity contribution in [2.24, 2.45) is 0 Å². The molecule has 1 aromatic carbocycles. The number of aliphatic carboxylic acids is 1. The molecule has 0 aliphatic heterocycles. The zero-order valence-electron chi connectivity index (χ0n) is 9.43. The van der Waals surface area contributed by atoms with Crippen LogP contribution < -0.4 is 5.30 Å². The Bertz CT molecular complexity index is 387. The largest absolute Gasteiger partial charge is 0.481 e. The predicted molar refractivity (Wildman–Crippen MR) is 66.0 cm³/mol. The predicted octanol–water partition coefficient (Wildman–Crippen LogP) is 2.56. The van der Waals surface area contributed by atoms with Gasteiger partial charge in [-0.25, -0.2) is 0 Å². The molecule has 0 unspecified atom stereocenters. The van der Waals surface area contributed by atoms with Gasteiger partial charge < -0.3 is 9.67 Å². The summed E-state index contributed by atoms with van der Waals surface area (Å²) in [7, 11) is -2.74. The molecule has 16 heavy (non-hydrogen) atoms. The van der Waals surface area contributed by atoms with Crippen molar-refractivity contribution < 1.29 is 14.5 Å². The fourth-order valence-corrected chi connectivity index (χ4v) is 4.21. The lowest BCUT2D eigenvalue weighted by Crippen LogP contribution is -2.15. The highest BCUT2D eigenvalue weighted by atomic mass is 31.2. The van der Waals surface area contributed by atoms with Gasteiger partial charge in [0.25, 0.3) is 0 Å². The van der Waals surface area contributed by atoms with E-state index in [0.29, 0.717) is 11.5 Å². The molecule has 88 valence electrons. The van der Waals surface area contributed by atoms with Crippen LogP contribution in [0.15, 0.2) is 30.3 Å². The first-order chi connectivity index (χ1) is 7.58. The molecule has 0 spiro atoms. The number of carboxylic acids is 1. The van der Waals surface area contributed by atoms with Crippen molar-refractivity contribution in [2.45, 2.75) is 19.8 Å². The van der Waals surface area contributed by atoms with Crippen LogP contribution in [0.1, 0.15) is 19.8 Å². The topological polar surface area (TPSA) is 54.4 Å². The maximum Gasteiger partial charge on any atom is 0.311 e. The Kier molecular flexibility index (Phi) is 4.75. The molecular weight excluding hydrogens is 223 g/mol. The minimum atomic E-state index is -2.74. The van der Waals surface area contributed by atoms with E-state index in [-0.39, 0.29) is 6.16 Å². The second kappa shape index (κ2) is 5.86. The minimum absolute atomic E-state index is 0.239. The van der Waals surface area contributed by atoms with Gasteiger partial charge in [-0.15, -0.1) is 0 Å². The quantitative estimate of drug-likeness (QED) is 0.777. The number of unbranched alkanes of at least 4 members (excludes halogenated alkanes) is 1. The lowest BCUT2D eigenvalue weighted by atomic mass is 10.4. The Morgan fingerprint density at radius 3 is 2.44 bits per heavy atom. The molecule has 1 aromatic rings. The van der Waals surface area contributed by atoms with E-state index in [4.69, 9.17) is 5.11 Å². The van der Waals surface area contributed by atoms with E-state index in [9.17, 15) is 9.36 Å². The number of benzene rings is 1. The molecule has 0 aromatic heterocycles. The summed E-state index contributed by atoms with van der Waals surface area (Å²) in [4.78, 5) is 10.8. The second-order valence-corrected chi connectivity index (χ2v) is 6.91. The maximum atomic E-state index is 12.6. The van der Waals surface area contributed by atoms with E-state index in [1.54, 1.807) is 24.3 Å². The van der Waals surface area contributed by atoms with Gasteiger partial charge in [-0.2, -0.15) is 0 Å². The van der Waals surface area contributed by atoms with Crippen molar-refractivity contribution in [3.63, 3.8) is 0 Å². The van der Waals surface area contributed by atoms with E-state index in [1.807, 2.05) is 13.0 Å². The van der Waals surface area contributed by atoms with Gasteiger partial charge in [0, 0.05) is 11.5 Å². The molecule has 0 fully saturated rings. The Morgan fingerprint density at radius 2 is 1.94 bits per heavy atom. The molecule has 0 amide bonds. The maximum absolute atomic E-state index is 12.6. The molecule has 3 nitrogen and oxygen atoms in total. The highest BCUT2D eigenvalue weighted by molar-refractivity contribution is 7.72. The smallest absolute Gasteiger partial charge is 0.311 e. The van der Waals surface area contributed by atoms with E-state index >= 15 is 0 Å². The number of rotatable bonds is 6. The fraction of sp³-hybridized carbons (Fsp3) is 0.417. The average molecular weight is 240 g/mol. The summed E-state index contributed by atoms with van der Waals surface area (Å²) in [5, 5.41) is 9.52. The third kappa shape index (κ3) is 3.49. The summed E-state index contributed by atoms with van der Waals surface area (Å²) in [5.74, 6) is -0.983. The third-order valence-electron chi connectivity index (χ3n) is 2.49. The summed E-state index contributed by atoms with van der Waals surface area (Å²) in [6.07, 6.45) is 1.98. The van der Waals surface area contributed by atoms with Gasteiger partial charge in [0.1, 0.15) is 13.3 Å². The summed E-state index contributed by atoms with van der Waals surface area (Å²) in [6, 6.07) is 8.97. The van der Waals surface area contributed by atoms with Gasteiger partial charge >= 0.3 is 5.97 Å². The first kappa shape index (κ1) is 13.0. The first-order valence-corrected chi connectivity index (χ1v) is 7.51. The Labute approximate surface area is 95.9 Å². The highest BCUT2D eigenvalue weighted by Gasteiger charge is 2.26. The van der Waals surface area contributed by atoms with Crippen molar-refractivity contribution in [1.29, 1.82) is 0 Å². The first-order valence-electron chi connectivity index (χ1n) is 5.44. The Hall–Kier alpha value is -1.08. The number of hydrogen-bond acceptors (Lipinski definition) is 2. The number of carbonyl (C=O) groups is 1. The van der Waals surface area contributed by atoms with Crippen LogP contribution in [0.3, 0.4) is 0 Å². The van der Waals surface area contributed by atoms with Crippen molar-refractivity contribution >= 4 is 18.4 Å². The molecule has 0 bridgehead atoms. The second-order valence-electron chi connectivity index (χ2n) is 3.85. The summed E-state index contributed by atoms with van der Waals surface area (Å²) >= 11 is 0. The summed E-state index contributed by atoms with van der Waals surface area (Å²) in [5.41, 5.74) is 0. The van der Waals surface area contributed by atoms with E-state index < -0.39 is 13.1 Å². The molecule has 1 atom stereocenters. The van der Waals surface area contributed by atoms with Crippen LogP contribution in [0, 0.1) is 0 Å². The molecule has 0 heterocycles. The van der Waals surface area contributed by atoms with Gasteiger partial charge in [0.15, 0.2) is 0 Å². The molecule has 1 N–H and O–H groups in total. The lowest BCUT2D eigenvalue weighted by molar-refractivity contribution is -0.134. The van der Waals surface area contributed by atoms with Crippen molar-refractivity contribution in [3.05, 3.63) is 30.3 Å². The molecule has 4 heteroatoms. The van der Waals surface area contributed by atoms with Crippen LogP contribution in [0.4, 0.5) is 0 Å².